The number of nitrogens with zero attached hydrogens (tertiary/aromatic N) is 3. The number of fused-ring (bicyclic) bond motifs is 3. The Bertz CT molecular complexity index is 2900. The Kier molecular flexibility index (Phi) is 7.81. The summed E-state index contributed by atoms with van der Waals surface area (Å²) in [4.78, 5) is 15.4. The molecule has 3 nitrogen and oxygen atoms in total. The first-order valence-electron chi connectivity index (χ1n) is 18.3. The van der Waals surface area contributed by atoms with Crippen LogP contribution in [-0.2, 0) is 0 Å². The highest BCUT2D eigenvalue weighted by Gasteiger charge is 2.17. The summed E-state index contributed by atoms with van der Waals surface area (Å²) in [5, 5.41) is 7.08. The van der Waals surface area contributed by atoms with Gasteiger partial charge in [0.15, 0.2) is 17.5 Å². The molecule has 0 atom stereocenters. The maximum Gasteiger partial charge on any atom is 0.164 e. The summed E-state index contributed by atoms with van der Waals surface area (Å²) >= 11 is 0. The number of benzene rings is 9. The smallest absolute Gasteiger partial charge is 0.164 e. The predicted molar refractivity (Wildman–Crippen MR) is 225 cm³/mol. The van der Waals surface area contributed by atoms with Crippen LogP contribution in [0, 0.1) is 0 Å². The standard InChI is InChI=1S/C51H33N3/c1-2-12-34(13-3-1)40-28-29-46(48(33-40)47-23-11-19-37-16-8-9-22-45(37)47)41-20-10-21-42(32-41)49-52-50(43-26-24-35-14-4-6-17-38(35)30-43)54-51(53-49)44-27-25-36-15-5-7-18-39(36)31-44/h1-33H. The maximum absolute atomic E-state index is 5.16. The van der Waals surface area contributed by atoms with E-state index in [1.54, 1.807) is 0 Å². The fraction of sp³-hybridized carbons (Fsp3) is 0. The van der Waals surface area contributed by atoms with Crippen LogP contribution in [0.15, 0.2) is 200 Å². The Morgan fingerprint density at radius 2 is 0.704 bits per heavy atom. The van der Waals surface area contributed by atoms with Crippen LogP contribution >= 0.6 is 0 Å². The molecule has 3 heteroatoms. The fourth-order valence-electron chi connectivity index (χ4n) is 7.54. The second-order valence-corrected chi connectivity index (χ2v) is 13.7. The minimum Gasteiger partial charge on any atom is -0.208 e. The molecule has 0 aliphatic carbocycles. The summed E-state index contributed by atoms with van der Waals surface area (Å²) in [6.45, 7) is 0. The average Bonchev–Trinajstić information content (AvgIpc) is 3.26. The van der Waals surface area contributed by atoms with Gasteiger partial charge in [-0.3, -0.25) is 0 Å². The van der Waals surface area contributed by atoms with Gasteiger partial charge in [-0.1, -0.05) is 176 Å². The van der Waals surface area contributed by atoms with Gasteiger partial charge in [0.25, 0.3) is 0 Å². The predicted octanol–water partition coefficient (Wildman–Crippen LogP) is 13.3. The first kappa shape index (κ1) is 31.5. The molecule has 9 aromatic carbocycles. The Balaban J connectivity index is 1.15. The minimum atomic E-state index is 0.630. The summed E-state index contributed by atoms with van der Waals surface area (Å²) in [6.07, 6.45) is 0. The molecule has 0 bridgehead atoms. The lowest BCUT2D eigenvalue weighted by Crippen LogP contribution is -2.00. The normalized spacial score (nSPS) is 11.3. The average molecular weight is 688 g/mol. The van der Waals surface area contributed by atoms with Crippen molar-refractivity contribution in [1.29, 1.82) is 0 Å². The topological polar surface area (TPSA) is 38.7 Å². The Morgan fingerprint density at radius 3 is 1.37 bits per heavy atom. The van der Waals surface area contributed by atoms with E-state index in [0.717, 1.165) is 38.6 Å². The van der Waals surface area contributed by atoms with E-state index in [2.05, 4.69) is 200 Å². The van der Waals surface area contributed by atoms with Gasteiger partial charge in [-0.25, -0.2) is 15.0 Å². The van der Waals surface area contributed by atoms with E-state index in [1.165, 1.54) is 43.8 Å². The SMILES string of the molecule is c1ccc(-c2ccc(-c3cccc(-c4nc(-c5ccc6ccccc6c5)nc(-c5ccc6ccccc6c5)n4)c3)c(-c3cccc4ccccc34)c2)cc1. The second-order valence-electron chi connectivity index (χ2n) is 13.7. The Morgan fingerprint density at radius 1 is 0.222 bits per heavy atom. The van der Waals surface area contributed by atoms with Crippen molar-refractivity contribution in [1.82, 2.24) is 15.0 Å². The van der Waals surface area contributed by atoms with Gasteiger partial charge in [0, 0.05) is 16.7 Å². The Labute approximate surface area is 313 Å². The molecule has 10 aromatic rings. The van der Waals surface area contributed by atoms with Gasteiger partial charge in [0.2, 0.25) is 0 Å². The molecular formula is C51H33N3. The summed E-state index contributed by atoms with van der Waals surface area (Å²) in [5.74, 6) is 1.91. The van der Waals surface area contributed by atoms with E-state index in [1.807, 2.05) is 0 Å². The molecule has 10 rings (SSSR count). The first-order valence-corrected chi connectivity index (χ1v) is 18.3. The molecule has 0 saturated carbocycles. The first-order chi connectivity index (χ1) is 26.7. The van der Waals surface area contributed by atoms with Gasteiger partial charge in [0.05, 0.1) is 0 Å². The van der Waals surface area contributed by atoms with E-state index in [9.17, 15) is 0 Å². The fourth-order valence-corrected chi connectivity index (χ4v) is 7.54. The number of rotatable bonds is 6. The van der Waals surface area contributed by atoms with Gasteiger partial charge in [-0.05, 0) is 90.0 Å². The molecule has 0 aliphatic heterocycles. The highest BCUT2D eigenvalue weighted by molar-refractivity contribution is 6.01. The van der Waals surface area contributed by atoms with Crippen molar-refractivity contribution in [2.24, 2.45) is 0 Å². The second kappa shape index (κ2) is 13.4. The molecule has 1 heterocycles. The number of aromatic nitrogens is 3. The third kappa shape index (κ3) is 5.88. The van der Waals surface area contributed by atoms with Crippen molar-refractivity contribution in [3.63, 3.8) is 0 Å². The molecule has 0 radical (unpaired) electrons. The van der Waals surface area contributed by atoms with E-state index in [-0.39, 0.29) is 0 Å². The van der Waals surface area contributed by atoms with Gasteiger partial charge < -0.3 is 0 Å². The van der Waals surface area contributed by atoms with Crippen LogP contribution < -0.4 is 0 Å². The molecule has 0 spiro atoms. The zero-order chi connectivity index (χ0) is 35.8. The van der Waals surface area contributed by atoms with Crippen LogP contribution in [0.2, 0.25) is 0 Å². The summed E-state index contributed by atoms with van der Waals surface area (Å²) in [6, 6.07) is 70.8. The molecule has 0 amide bonds. The highest BCUT2D eigenvalue weighted by atomic mass is 15.0. The van der Waals surface area contributed by atoms with Crippen molar-refractivity contribution < 1.29 is 0 Å². The zero-order valence-electron chi connectivity index (χ0n) is 29.4. The third-order valence-electron chi connectivity index (χ3n) is 10.3. The number of hydrogen-bond acceptors (Lipinski definition) is 3. The molecule has 54 heavy (non-hydrogen) atoms. The number of hydrogen-bond donors (Lipinski definition) is 0. The lowest BCUT2D eigenvalue weighted by Gasteiger charge is -2.16. The summed E-state index contributed by atoms with van der Waals surface area (Å²) < 4.78 is 0. The maximum atomic E-state index is 5.16. The van der Waals surface area contributed by atoms with Crippen molar-refractivity contribution in [2.75, 3.05) is 0 Å². The summed E-state index contributed by atoms with van der Waals surface area (Å²) in [5.41, 5.74) is 9.80. The minimum absolute atomic E-state index is 0.630. The van der Waals surface area contributed by atoms with E-state index in [0.29, 0.717) is 17.5 Å². The molecule has 0 aliphatic rings. The van der Waals surface area contributed by atoms with Crippen molar-refractivity contribution in [3.8, 4) is 67.5 Å². The lowest BCUT2D eigenvalue weighted by molar-refractivity contribution is 1.08. The van der Waals surface area contributed by atoms with E-state index < -0.39 is 0 Å². The third-order valence-corrected chi connectivity index (χ3v) is 10.3. The molecule has 0 N–H and O–H groups in total. The van der Waals surface area contributed by atoms with Crippen LogP contribution in [-0.4, -0.2) is 15.0 Å². The van der Waals surface area contributed by atoms with Crippen molar-refractivity contribution in [2.45, 2.75) is 0 Å². The summed E-state index contributed by atoms with van der Waals surface area (Å²) in [7, 11) is 0. The van der Waals surface area contributed by atoms with Crippen LogP contribution in [0.1, 0.15) is 0 Å². The van der Waals surface area contributed by atoms with Gasteiger partial charge in [0.1, 0.15) is 0 Å². The molecular weight excluding hydrogens is 655 g/mol. The van der Waals surface area contributed by atoms with Gasteiger partial charge in [-0.2, -0.15) is 0 Å². The molecule has 1 aromatic heterocycles. The van der Waals surface area contributed by atoms with Crippen LogP contribution in [0.25, 0.3) is 99.9 Å². The van der Waals surface area contributed by atoms with E-state index >= 15 is 0 Å². The van der Waals surface area contributed by atoms with Crippen LogP contribution in [0.5, 0.6) is 0 Å². The van der Waals surface area contributed by atoms with Gasteiger partial charge in [-0.15, -0.1) is 0 Å². The van der Waals surface area contributed by atoms with Crippen molar-refractivity contribution >= 4 is 32.3 Å². The largest absolute Gasteiger partial charge is 0.208 e. The van der Waals surface area contributed by atoms with Crippen LogP contribution in [0.3, 0.4) is 0 Å². The molecule has 0 fully saturated rings. The van der Waals surface area contributed by atoms with Crippen LogP contribution in [0.4, 0.5) is 0 Å². The monoisotopic (exact) mass is 687 g/mol. The molecule has 252 valence electrons. The molecule has 0 unspecified atom stereocenters. The van der Waals surface area contributed by atoms with Crippen molar-refractivity contribution in [3.05, 3.63) is 200 Å². The zero-order valence-corrected chi connectivity index (χ0v) is 29.4. The highest BCUT2D eigenvalue weighted by Crippen LogP contribution is 2.40. The van der Waals surface area contributed by atoms with E-state index in [4.69, 9.17) is 15.0 Å². The quantitative estimate of drug-likeness (QED) is 0.175. The van der Waals surface area contributed by atoms with Gasteiger partial charge >= 0.3 is 0 Å². The Hall–Kier alpha value is -7.23. The lowest BCUT2D eigenvalue weighted by atomic mass is 9.88. The molecule has 0 saturated heterocycles.